The first kappa shape index (κ1) is 20.9. The van der Waals surface area contributed by atoms with Crippen LogP contribution >= 0.6 is 0 Å². The Kier molecular flexibility index (Phi) is 6.66. The van der Waals surface area contributed by atoms with E-state index in [4.69, 9.17) is 9.47 Å². The maximum absolute atomic E-state index is 12.7. The molecule has 0 aliphatic rings. The third kappa shape index (κ3) is 4.95. The lowest BCUT2D eigenvalue weighted by atomic mass is 10.1. The van der Waals surface area contributed by atoms with Gasteiger partial charge in [-0.2, -0.15) is 5.26 Å². The monoisotopic (exact) mass is 401 g/mol. The van der Waals surface area contributed by atoms with Crippen molar-refractivity contribution in [2.75, 3.05) is 19.0 Å². The van der Waals surface area contributed by atoms with Gasteiger partial charge in [-0.3, -0.25) is 9.78 Å². The van der Waals surface area contributed by atoms with E-state index in [1.807, 2.05) is 24.3 Å². The number of anilines is 1. The van der Waals surface area contributed by atoms with Crippen LogP contribution in [0, 0.1) is 17.2 Å². The SMILES string of the molecule is COc1cc(/C=C(\C#N)C(=O)Nc2cccc3ncccc23)ccc1OCC(C)C. The summed E-state index contributed by atoms with van der Waals surface area (Å²) in [6.45, 7) is 4.69. The number of pyridine rings is 1. The van der Waals surface area contributed by atoms with E-state index in [0.717, 1.165) is 10.9 Å². The van der Waals surface area contributed by atoms with Gasteiger partial charge in [-0.1, -0.05) is 26.0 Å². The lowest BCUT2D eigenvalue weighted by Crippen LogP contribution is -2.13. The molecule has 0 fully saturated rings. The predicted molar refractivity (Wildman–Crippen MR) is 117 cm³/mol. The van der Waals surface area contributed by atoms with Crippen LogP contribution in [0.25, 0.3) is 17.0 Å². The lowest BCUT2D eigenvalue weighted by molar-refractivity contribution is -0.112. The summed E-state index contributed by atoms with van der Waals surface area (Å²) in [5, 5.41) is 13.1. The Morgan fingerprint density at radius 3 is 2.77 bits per heavy atom. The first-order valence-electron chi connectivity index (χ1n) is 9.59. The summed E-state index contributed by atoms with van der Waals surface area (Å²) in [6, 6.07) is 16.4. The topological polar surface area (TPSA) is 84.2 Å². The fourth-order valence-electron chi connectivity index (χ4n) is 2.87. The highest BCUT2D eigenvalue weighted by atomic mass is 16.5. The third-order valence-electron chi connectivity index (χ3n) is 4.33. The molecule has 0 saturated carbocycles. The Hall–Kier alpha value is -3.85. The third-order valence-corrected chi connectivity index (χ3v) is 4.33. The number of rotatable bonds is 7. The number of ether oxygens (including phenoxy) is 2. The van der Waals surface area contributed by atoms with Crippen LogP contribution < -0.4 is 14.8 Å². The van der Waals surface area contributed by atoms with Gasteiger partial charge in [0.1, 0.15) is 11.6 Å². The van der Waals surface area contributed by atoms with Crippen molar-refractivity contribution in [2.24, 2.45) is 5.92 Å². The second-order valence-electron chi connectivity index (χ2n) is 7.11. The van der Waals surface area contributed by atoms with Gasteiger partial charge < -0.3 is 14.8 Å². The molecule has 1 amide bonds. The van der Waals surface area contributed by atoms with E-state index in [9.17, 15) is 10.1 Å². The normalized spacial score (nSPS) is 11.2. The Morgan fingerprint density at radius 1 is 1.20 bits per heavy atom. The smallest absolute Gasteiger partial charge is 0.266 e. The van der Waals surface area contributed by atoms with Gasteiger partial charge in [-0.15, -0.1) is 0 Å². The van der Waals surface area contributed by atoms with Crippen LogP contribution in [-0.4, -0.2) is 24.6 Å². The number of amides is 1. The quantitative estimate of drug-likeness (QED) is 0.453. The van der Waals surface area contributed by atoms with E-state index in [1.54, 1.807) is 43.6 Å². The molecule has 3 rings (SSSR count). The van der Waals surface area contributed by atoms with Gasteiger partial charge in [0.2, 0.25) is 0 Å². The minimum atomic E-state index is -0.493. The van der Waals surface area contributed by atoms with Crippen molar-refractivity contribution in [3.8, 4) is 17.6 Å². The molecule has 0 unspecified atom stereocenters. The van der Waals surface area contributed by atoms with Gasteiger partial charge in [0, 0.05) is 11.6 Å². The molecule has 0 aliphatic heterocycles. The van der Waals surface area contributed by atoms with Crippen LogP contribution in [0.15, 0.2) is 60.3 Å². The minimum Gasteiger partial charge on any atom is -0.493 e. The van der Waals surface area contributed by atoms with Crippen molar-refractivity contribution in [3.63, 3.8) is 0 Å². The van der Waals surface area contributed by atoms with Crippen LogP contribution in [0.5, 0.6) is 11.5 Å². The molecule has 30 heavy (non-hydrogen) atoms. The van der Waals surface area contributed by atoms with Crippen LogP contribution in [0.2, 0.25) is 0 Å². The predicted octanol–water partition coefficient (Wildman–Crippen LogP) is 4.82. The molecule has 1 aromatic heterocycles. The number of nitrogens with zero attached hydrogens (tertiary/aromatic N) is 2. The lowest BCUT2D eigenvalue weighted by Gasteiger charge is -2.13. The summed E-state index contributed by atoms with van der Waals surface area (Å²) in [5.41, 5.74) is 2.00. The van der Waals surface area contributed by atoms with Gasteiger partial charge in [-0.25, -0.2) is 0 Å². The molecule has 1 heterocycles. The zero-order chi connectivity index (χ0) is 21.5. The second kappa shape index (κ2) is 9.57. The first-order chi connectivity index (χ1) is 14.5. The molecule has 0 bridgehead atoms. The van der Waals surface area contributed by atoms with E-state index in [-0.39, 0.29) is 5.57 Å². The molecular formula is C24H23N3O3. The number of nitrogens with one attached hydrogen (secondary N) is 1. The highest BCUT2D eigenvalue weighted by Gasteiger charge is 2.13. The molecule has 6 heteroatoms. The molecule has 3 aromatic rings. The van der Waals surface area contributed by atoms with Crippen molar-refractivity contribution >= 4 is 28.6 Å². The van der Waals surface area contributed by atoms with Gasteiger partial charge in [0.25, 0.3) is 5.91 Å². The summed E-state index contributed by atoms with van der Waals surface area (Å²) >= 11 is 0. The molecule has 0 spiro atoms. The van der Waals surface area contributed by atoms with Crippen LogP contribution in [0.4, 0.5) is 5.69 Å². The molecule has 0 radical (unpaired) electrons. The van der Waals surface area contributed by atoms with Crippen molar-refractivity contribution in [1.29, 1.82) is 5.26 Å². The van der Waals surface area contributed by atoms with Gasteiger partial charge in [0.05, 0.1) is 24.9 Å². The van der Waals surface area contributed by atoms with Crippen LogP contribution in [0.3, 0.4) is 0 Å². The Bertz CT molecular complexity index is 1120. The second-order valence-corrected chi connectivity index (χ2v) is 7.11. The van der Waals surface area contributed by atoms with Crippen molar-refractivity contribution in [2.45, 2.75) is 13.8 Å². The fourth-order valence-corrected chi connectivity index (χ4v) is 2.87. The van der Waals surface area contributed by atoms with Crippen molar-refractivity contribution < 1.29 is 14.3 Å². The molecule has 6 nitrogen and oxygen atoms in total. The summed E-state index contributed by atoms with van der Waals surface area (Å²) in [5.74, 6) is 1.05. The number of hydrogen-bond acceptors (Lipinski definition) is 5. The fraction of sp³-hybridized carbons (Fsp3) is 0.208. The summed E-state index contributed by atoms with van der Waals surface area (Å²) in [6.07, 6.45) is 3.21. The number of methoxy groups -OCH3 is 1. The Morgan fingerprint density at radius 2 is 2.03 bits per heavy atom. The van der Waals surface area contributed by atoms with Crippen LogP contribution in [-0.2, 0) is 4.79 Å². The molecule has 2 aromatic carbocycles. The zero-order valence-electron chi connectivity index (χ0n) is 17.2. The number of carbonyl (C=O) groups excluding carboxylic acids is 1. The van der Waals surface area contributed by atoms with E-state index >= 15 is 0 Å². The summed E-state index contributed by atoms with van der Waals surface area (Å²) in [4.78, 5) is 17.0. The molecule has 0 saturated heterocycles. The van der Waals surface area contributed by atoms with E-state index in [2.05, 4.69) is 24.1 Å². The highest BCUT2D eigenvalue weighted by Crippen LogP contribution is 2.29. The number of aromatic nitrogens is 1. The first-order valence-corrected chi connectivity index (χ1v) is 9.59. The zero-order valence-corrected chi connectivity index (χ0v) is 17.2. The maximum Gasteiger partial charge on any atom is 0.266 e. The number of benzene rings is 2. The molecule has 152 valence electrons. The van der Waals surface area contributed by atoms with Crippen molar-refractivity contribution in [1.82, 2.24) is 4.98 Å². The Labute approximate surface area is 175 Å². The van der Waals surface area contributed by atoms with Crippen molar-refractivity contribution in [3.05, 3.63) is 65.9 Å². The number of fused-ring (bicyclic) bond motifs is 1. The van der Waals surface area contributed by atoms with Gasteiger partial charge in [0.15, 0.2) is 11.5 Å². The van der Waals surface area contributed by atoms with Gasteiger partial charge >= 0.3 is 0 Å². The largest absolute Gasteiger partial charge is 0.493 e. The Balaban J connectivity index is 1.84. The molecule has 1 N–H and O–H groups in total. The number of carbonyl (C=O) groups is 1. The average Bonchev–Trinajstić information content (AvgIpc) is 2.76. The molecular weight excluding hydrogens is 378 g/mol. The molecule has 0 aliphatic carbocycles. The van der Waals surface area contributed by atoms with E-state index in [0.29, 0.717) is 35.3 Å². The average molecular weight is 401 g/mol. The van der Waals surface area contributed by atoms with E-state index < -0.39 is 5.91 Å². The number of nitriles is 1. The number of hydrogen-bond donors (Lipinski definition) is 1. The van der Waals surface area contributed by atoms with E-state index in [1.165, 1.54) is 6.08 Å². The standard InChI is InChI=1S/C24H23N3O3/c1-16(2)15-30-22-10-9-17(13-23(22)29-3)12-18(14-25)24(28)27-21-8-4-7-20-19(21)6-5-11-26-20/h4-13,16H,15H2,1-3H3,(H,27,28)/b18-12+. The highest BCUT2D eigenvalue weighted by molar-refractivity contribution is 6.12. The maximum atomic E-state index is 12.7. The summed E-state index contributed by atoms with van der Waals surface area (Å²) in [7, 11) is 1.55. The molecule has 0 atom stereocenters. The summed E-state index contributed by atoms with van der Waals surface area (Å²) < 4.78 is 11.1. The minimum absolute atomic E-state index is 0.0196. The van der Waals surface area contributed by atoms with Gasteiger partial charge in [-0.05, 0) is 54.0 Å². The van der Waals surface area contributed by atoms with Crippen LogP contribution in [0.1, 0.15) is 19.4 Å².